The van der Waals surface area contributed by atoms with E-state index in [1.54, 1.807) is 0 Å². The summed E-state index contributed by atoms with van der Waals surface area (Å²) in [6, 6.07) is 2.01. The van der Waals surface area contributed by atoms with Crippen LogP contribution < -0.4 is 0 Å². The van der Waals surface area contributed by atoms with Crippen LogP contribution in [0.25, 0.3) is 0 Å². The average Bonchev–Trinajstić information content (AvgIpc) is 2.67. The first kappa shape index (κ1) is 13.3. The molecule has 1 aliphatic heterocycles. The molecule has 0 amide bonds. The molecule has 2 heterocycles. The molecule has 1 N–H and O–H groups in total. The quantitative estimate of drug-likeness (QED) is 0.823. The maximum atomic E-state index is 12.2. The van der Waals surface area contributed by atoms with E-state index in [1.165, 1.54) is 6.42 Å². The van der Waals surface area contributed by atoms with Crippen molar-refractivity contribution in [3.63, 3.8) is 0 Å². The van der Waals surface area contributed by atoms with Crippen LogP contribution in [0.3, 0.4) is 0 Å². The number of likely N-dealkylation sites (tertiary alicyclic amines) is 1. The van der Waals surface area contributed by atoms with Crippen molar-refractivity contribution in [1.29, 1.82) is 0 Å². The molecule has 1 atom stereocenters. The van der Waals surface area contributed by atoms with E-state index in [2.05, 4.69) is 4.90 Å². The highest BCUT2D eigenvalue weighted by atomic mass is 16.3. The highest BCUT2D eigenvalue weighted by Crippen LogP contribution is 2.17. The Kier molecular flexibility index (Phi) is 4.55. The number of Topliss-reactive ketones (excluding diaryl/α,β-unsaturated/α-hetero) is 1. The van der Waals surface area contributed by atoms with Crippen molar-refractivity contribution >= 4 is 5.78 Å². The zero-order valence-corrected chi connectivity index (χ0v) is 11.0. The van der Waals surface area contributed by atoms with E-state index in [-0.39, 0.29) is 18.4 Å². The van der Waals surface area contributed by atoms with Crippen LogP contribution in [0.1, 0.15) is 36.0 Å². The van der Waals surface area contributed by atoms with Gasteiger partial charge in [-0.3, -0.25) is 9.69 Å². The lowest BCUT2D eigenvalue weighted by Gasteiger charge is -2.27. The molecule has 1 aromatic rings. The average molecular weight is 250 g/mol. The first-order valence-electron chi connectivity index (χ1n) is 6.71. The molecule has 0 aromatic carbocycles. The van der Waals surface area contributed by atoms with Crippen LogP contribution in [0.15, 0.2) is 18.5 Å². The SMILES string of the molecule is Cn1ccc(C(=O)CN2CCCCCC2CO)c1. The van der Waals surface area contributed by atoms with E-state index in [1.807, 2.05) is 30.1 Å². The van der Waals surface area contributed by atoms with Crippen LogP contribution >= 0.6 is 0 Å². The summed E-state index contributed by atoms with van der Waals surface area (Å²) < 4.78 is 1.89. The van der Waals surface area contributed by atoms with Gasteiger partial charge in [0.25, 0.3) is 0 Å². The molecular weight excluding hydrogens is 228 g/mol. The Bertz CT molecular complexity index is 400. The first-order valence-corrected chi connectivity index (χ1v) is 6.71. The number of aliphatic hydroxyl groups excluding tert-OH is 1. The summed E-state index contributed by atoms with van der Waals surface area (Å²) in [5, 5.41) is 9.42. The van der Waals surface area contributed by atoms with E-state index in [9.17, 15) is 9.90 Å². The Morgan fingerprint density at radius 3 is 2.94 bits per heavy atom. The minimum absolute atomic E-state index is 0.149. The van der Waals surface area contributed by atoms with Crippen LogP contribution in [0, 0.1) is 0 Å². The Morgan fingerprint density at radius 2 is 2.28 bits per heavy atom. The van der Waals surface area contributed by atoms with E-state index < -0.39 is 0 Å². The van der Waals surface area contributed by atoms with Crippen molar-refractivity contribution in [1.82, 2.24) is 9.47 Å². The van der Waals surface area contributed by atoms with Gasteiger partial charge in [0.15, 0.2) is 5.78 Å². The van der Waals surface area contributed by atoms with Crippen molar-refractivity contribution in [2.24, 2.45) is 7.05 Å². The Morgan fingerprint density at radius 1 is 1.44 bits per heavy atom. The maximum absolute atomic E-state index is 12.2. The number of ketones is 1. The number of carbonyl (C=O) groups excluding carboxylic acids is 1. The second kappa shape index (κ2) is 6.16. The van der Waals surface area contributed by atoms with Crippen molar-refractivity contribution in [2.75, 3.05) is 19.7 Å². The molecule has 100 valence electrons. The van der Waals surface area contributed by atoms with Crippen LogP contribution in [-0.2, 0) is 7.05 Å². The van der Waals surface area contributed by atoms with Gasteiger partial charge >= 0.3 is 0 Å². The molecular formula is C14H22N2O2. The topological polar surface area (TPSA) is 45.5 Å². The smallest absolute Gasteiger partial charge is 0.178 e. The summed E-state index contributed by atoms with van der Waals surface area (Å²) in [6.07, 6.45) is 8.22. The molecule has 2 rings (SSSR count). The van der Waals surface area contributed by atoms with E-state index in [0.717, 1.165) is 31.4 Å². The Balaban J connectivity index is 1.99. The van der Waals surface area contributed by atoms with Crippen LogP contribution in [-0.4, -0.2) is 46.1 Å². The van der Waals surface area contributed by atoms with Crippen molar-refractivity contribution in [2.45, 2.75) is 31.7 Å². The fraction of sp³-hybridized carbons (Fsp3) is 0.643. The first-order chi connectivity index (χ1) is 8.70. The molecule has 0 radical (unpaired) electrons. The van der Waals surface area contributed by atoms with Gasteiger partial charge < -0.3 is 9.67 Å². The van der Waals surface area contributed by atoms with Crippen LogP contribution in [0.4, 0.5) is 0 Å². The monoisotopic (exact) mass is 250 g/mol. The third kappa shape index (κ3) is 3.21. The standard InChI is InChI=1S/C14H22N2O2/c1-15-8-6-12(9-15)14(18)10-16-7-4-2-3-5-13(16)11-17/h6,8-9,13,17H,2-5,7,10-11H2,1H3. The zero-order valence-electron chi connectivity index (χ0n) is 11.0. The summed E-state index contributed by atoms with van der Waals surface area (Å²) in [5.74, 6) is 0.149. The molecule has 18 heavy (non-hydrogen) atoms. The molecule has 0 spiro atoms. The molecule has 0 bridgehead atoms. The van der Waals surface area contributed by atoms with Gasteiger partial charge in [-0.1, -0.05) is 12.8 Å². The Labute approximate surface area is 108 Å². The maximum Gasteiger partial charge on any atom is 0.178 e. The number of rotatable bonds is 4. The molecule has 4 heteroatoms. The van der Waals surface area contributed by atoms with E-state index in [0.29, 0.717) is 6.54 Å². The normalized spacial score (nSPS) is 21.8. The molecule has 0 saturated carbocycles. The molecule has 1 unspecified atom stereocenters. The number of carbonyl (C=O) groups is 1. The van der Waals surface area contributed by atoms with Gasteiger partial charge in [-0.25, -0.2) is 0 Å². The molecule has 1 saturated heterocycles. The predicted octanol–water partition coefficient (Wildman–Crippen LogP) is 1.44. The Hall–Kier alpha value is -1.13. The van der Waals surface area contributed by atoms with Gasteiger partial charge in [0, 0.05) is 31.0 Å². The van der Waals surface area contributed by atoms with Gasteiger partial charge in [-0.2, -0.15) is 0 Å². The third-order valence-electron chi connectivity index (χ3n) is 3.71. The number of aryl methyl sites for hydroxylation is 1. The molecule has 4 nitrogen and oxygen atoms in total. The van der Waals surface area contributed by atoms with Crippen molar-refractivity contribution in [3.8, 4) is 0 Å². The van der Waals surface area contributed by atoms with E-state index >= 15 is 0 Å². The lowest BCUT2D eigenvalue weighted by Crippen LogP contribution is -2.40. The van der Waals surface area contributed by atoms with E-state index in [4.69, 9.17) is 0 Å². The number of hydrogen-bond acceptors (Lipinski definition) is 3. The van der Waals surface area contributed by atoms with Gasteiger partial charge in [-0.05, 0) is 25.5 Å². The summed E-state index contributed by atoms with van der Waals surface area (Å²) in [6.45, 7) is 1.50. The van der Waals surface area contributed by atoms with Crippen molar-refractivity contribution < 1.29 is 9.90 Å². The minimum atomic E-state index is 0.149. The number of aliphatic hydroxyl groups is 1. The van der Waals surface area contributed by atoms with Gasteiger partial charge in [0.2, 0.25) is 0 Å². The lowest BCUT2D eigenvalue weighted by atomic mass is 10.1. The largest absolute Gasteiger partial charge is 0.395 e. The van der Waals surface area contributed by atoms with Crippen LogP contribution in [0.2, 0.25) is 0 Å². The number of hydrogen-bond donors (Lipinski definition) is 1. The molecule has 1 aliphatic rings. The third-order valence-corrected chi connectivity index (χ3v) is 3.71. The minimum Gasteiger partial charge on any atom is -0.395 e. The molecule has 0 aliphatic carbocycles. The van der Waals surface area contributed by atoms with Gasteiger partial charge in [-0.15, -0.1) is 0 Å². The second-order valence-electron chi connectivity index (χ2n) is 5.15. The predicted molar refractivity (Wildman–Crippen MR) is 70.7 cm³/mol. The van der Waals surface area contributed by atoms with Crippen molar-refractivity contribution in [3.05, 3.63) is 24.0 Å². The fourth-order valence-corrected chi connectivity index (χ4v) is 2.60. The zero-order chi connectivity index (χ0) is 13.0. The summed E-state index contributed by atoms with van der Waals surface area (Å²) in [4.78, 5) is 14.3. The highest BCUT2D eigenvalue weighted by Gasteiger charge is 2.22. The summed E-state index contributed by atoms with van der Waals surface area (Å²) in [5.41, 5.74) is 0.762. The molecule has 1 fully saturated rings. The van der Waals surface area contributed by atoms with Gasteiger partial charge in [0.1, 0.15) is 0 Å². The number of aromatic nitrogens is 1. The fourth-order valence-electron chi connectivity index (χ4n) is 2.60. The molecule has 1 aromatic heterocycles. The highest BCUT2D eigenvalue weighted by molar-refractivity contribution is 5.97. The van der Waals surface area contributed by atoms with Gasteiger partial charge in [0.05, 0.1) is 13.2 Å². The number of nitrogens with zero attached hydrogens (tertiary/aromatic N) is 2. The summed E-state index contributed by atoms with van der Waals surface area (Å²) >= 11 is 0. The second-order valence-corrected chi connectivity index (χ2v) is 5.15. The summed E-state index contributed by atoms with van der Waals surface area (Å²) in [7, 11) is 1.92. The van der Waals surface area contributed by atoms with Crippen LogP contribution in [0.5, 0.6) is 0 Å². The lowest BCUT2D eigenvalue weighted by molar-refractivity contribution is 0.0826.